The maximum absolute atomic E-state index is 12.7. The van der Waals surface area contributed by atoms with E-state index in [4.69, 9.17) is 24.0 Å². The third-order valence-electron chi connectivity index (χ3n) is 8.75. The fraction of sp³-hybridized carbons (Fsp3) is 0.875. The number of likely N-dealkylation sites (tertiary alicyclic amines) is 1. The third kappa shape index (κ3) is 3.83. The van der Waals surface area contributed by atoms with Crippen LogP contribution in [0.1, 0.15) is 72.1 Å². The largest absolute Gasteiger partial charge is 0.480 e. The van der Waals surface area contributed by atoms with Crippen LogP contribution in [0.4, 0.5) is 0 Å². The molecule has 2 bridgehead atoms. The number of rotatable bonds is 5. The highest BCUT2D eigenvalue weighted by Gasteiger charge is 2.69. The highest BCUT2D eigenvalue weighted by molar-refractivity contribution is 5.86. The van der Waals surface area contributed by atoms with Crippen molar-refractivity contribution in [3.8, 4) is 0 Å². The smallest absolute Gasteiger partial charge is 0.326 e. The van der Waals surface area contributed by atoms with E-state index in [1.54, 1.807) is 0 Å². The lowest BCUT2D eigenvalue weighted by molar-refractivity contribution is -0.576. The molecule has 6 aliphatic rings. The molecule has 34 heavy (non-hydrogen) atoms. The number of esters is 1. The molecule has 6 rings (SSSR count). The van der Waals surface area contributed by atoms with Crippen molar-refractivity contribution in [2.45, 2.75) is 102 Å². The van der Waals surface area contributed by atoms with Gasteiger partial charge in [-0.3, -0.25) is 9.59 Å². The van der Waals surface area contributed by atoms with Gasteiger partial charge in [-0.05, 0) is 50.9 Å². The summed E-state index contributed by atoms with van der Waals surface area (Å²) in [4.78, 5) is 49.8. The molecule has 1 spiro atoms. The summed E-state index contributed by atoms with van der Waals surface area (Å²) in [6, 6.07) is -0.811. The Labute approximate surface area is 199 Å². The zero-order valence-electron chi connectivity index (χ0n) is 20.1. The fourth-order valence-corrected chi connectivity index (χ4v) is 6.87. The Balaban J connectivity index is 1.25. The number of amides is 1. The van der Waals surface area contributed by atoms with Crippen molar-refractivity contribution in [2.24, 2.45) is 23.7 Å². The molecule has 10 heteroatoms. The zero-order chi connectivity index (χ0) is 24.3. The predicted octanol–water partition coefficient (Wildman–Crippen LogP) is 2.59. The first-order valence-corrected chi connectivity index (χ1v) is 12.6. The molecule has 1 N–H and O–H groups in total. The Morgan fingerprint density at radius 2 is 1.85 bits per heavy atom. The van der Waals surface area contributed by atoms with E-state index in [0.717, 1.165) is 19.3 Å². The highest BCUT2D eigenvalue weighted by Crippen LogP contribution is 2.60. The Hall–Kier alpha value is -1.75. The van der Waals surface area contributed by atoms with Gasteiger partial charge in [0.1, 0.15) is 6.04 Å². The molecule has 5 aliphatic heterocycles. The molecule has 190 valence electrons. The second kappa shape index (κ2) is 8.72. The number of carboxylic acids is 1. The summed E-state index contributed by atoms with van der Waals surface area (Å²) in [5.74, 6) is -2.25. The van der Waals surface area contributed by atoms with Crippen molar-refractivity contribution < 1.29 is 43.5 Å². The number of ether oxygens (including phenoxy) is 3. The second-order valence-corrected chi connectivity index (χ2v) is 10.8. The van der Waals surface area contributed by atoms with Gasteiger partial charge in [0.15, 0.2) is 11.9 Å². The number of nitrogens with zero attached hydrogens (tertiary/aromatic N) is 1. The van der Waals surface area contributed by atoms with Gasteiger partial charge in [0.05, 0.1) is 6.42 Å². The monoisotopic (exact) mass is 481 g/mol. The number of aliphatic carboxylic acids is 1. The van der Waals surface area contributed by atoms with Gasteiger partial charge in [-0.15, -0.1) is 0 Å². The summed E-state index contributed by atoms with van der Waals surface area (Å²) in [5.41, 5.74) is -0.729. The van der Waals surface area contributed by atoms with Crippen LogP contribution in [0.25, 0.3) is 0 Å². The molecular weight excluding hydrogens is 446 g/mol. The third-order valence-corrected chi connectivity index (χ3v) is 8.75. The number of carboxylic acid groups (broad SMARTS) is 1. The van der Waals surface area contributed by atoms with Gasteiger partial charge in [0.2, 0.25) is 18.0 Å². The van der Waals surface area contributed by atoms with Gasteiger partial charge >= 0.3 is 11.9 Å². The molecule has 5 saturated heterocycles. The molecule has 0 aromatic heterocycles. The minimum absolute atomic E-state index is 0.0375. The topological polar surface area (TPSA) is 121 Å². The van der Waals surface area contributed by atoms with Crippen LogP contribution in [0.5, 0.6) is 0 Å². The molecule has 0 unspecified atom stereocenters. The summed E-state index contributed by atoms with van der Waals surface area (Å²) in [6.07, 6.45) is 2.89. The molecular formula is C24H35NO9. The van der Waals surface area contributed by atoms with Crippen LogP contribution in [0.3, 0.4) is 0 Å². The normalized spacial score (nSPS) is 45.4. The Bertz CT molecular complexity index is 850. The van der Waals surface area contributed by atoms with E-state index >= 15 is 0 Å². The SMILES string of the molecule is C[C@H]1[C@H](OC(=O)CCC(=O)N2CCC[C@@H]2C(=O)O)O[C@@H]2O[C@@]3(C)CC[C@H]4[C@H](C)CC[C@@H]1[C@@]24OO3. The van der Waals surface area contributed by atoms with E-state index in [2.05, 4.69) is 6.92 Å². The van der Waals surface area contributed by atoms with Crippen molar-refractivity contribution in [3.05, 3.63) is 0 Å². The maximum atomic E-state index is 12.7. The summed E-state index contributed by atoms with van der Waals surface area (Å²) < 4.78 is 18.2. The number of hydrogen-bond donors (Lipinski definition) is 1. The number of hydrogen-bond acceptors (Lipinski definition) is 8. The van der Waals surface area contributed by atoms with E-state index in [9.17, 15) is 19.5 Å². The Kier molecular flexibility index (Phi) is 6.15. The summed E-state index contributed by atoms with van der Waals surface area (Å²) in [5, 5.41) is 9.29. The van der Waals surface area contributed by atoms with Gasteiger partial charge in [-0.2, -0.15) is 0 Å². The predicted molar refractivity (Wildman–Crippen MR) is 115 cm³/mol. The fourth-order valence-electron chi connectivity index (χ4n) is 6.87. The van der Waals surface area contributed by atoms with E-state index in [1.807, 2.05) is 13.8 Å². The molecule has 1 amide bonds. The molecule has 1 aliphatic carbocycles. The van der Waals surface area contributed by atoms with Gasteiger partial charge in [0.25, 0.3) is 0 Å². The van der Waals surface area contributed by atoms with Gasteiger partial charge in [-0.1, -0.05) is 13.8 Å². The molecule has 5 heterocycles. The lowest BCUT2D eigenvalue weighted by Gasteiger charge is -2.59. The zero-order valence-corrected chi connectivity index (χ0v) is 20.1. The van der Waals surface area contributed by atoms with Crippen LogP contribution in [0.2, 0.25) is 0 Å². The van der Waals surface area contributed by atoms with E-state index in [-0.39, 0.29) is 36.5 Å². The molecule has 0 radical (unpaired) electrons. The Morgan fingerprint density at radius 3 is 2.62 bits per heavy atom. The first-order valence-electron chi connectivity index (χ1n) is 12.6. The first-order chi connectivity index (χ1) is 16.1. The minimum Gasteiger partial charge on any atom is -0.480 e. The van der Waals surface area contributed by atoms with Crippen molar-refractivity contribution >= 4 is 17.8 Å². The van der Waals surface area contributed by atoms with Gasteiger partial charge in [0, 0.05) is 31.2 Å². The second-order valence-electron chi connectivity index (χ2n) is 10.8. The van der Waals surface area contributed by atoms with E-state index < -0.39 is 41.9 Å². The van der Waals surface area contributed by atoms with Crippen molar-refractivity contribution in [1.82, 2.24) is 4.90 Å². The number of carbonyl (C=O) groups is 3. The molecule has 0 aromatic carbocycles. The highest BCUT2D eigenvalue weighted by atomic mass is 17.3. The average Bonchev–Trinajstić information content (AvgIpc) is 3.18. The molecule has 10 nitrogen and oxygen atoms in total. The van der Waals surface area contributed by atoms with Crippen molar-refractivity contribution in [3.63, 3.8) is 0 Å². The van der Waals surface area contributed by atoms with E-state index in [1.165, 1.54) is 4.90 Å². The van der Waals surface area contributed by atoms with E-state index in [0.29, 0.717) is 31.7 Å². The van der Waals surface area contributed by atoms with Crippen LogP contribution in [-0.4, -0.2) is 64.4 Å². The van der Waals surface area contributed by atoms with Crippen LogP contribution in [0, 0.1) is 23.7 Å². The average molecular weight is 482 g/mol. The molecule has 6 fully saturated rings. The van der Waals surface area contributed by atoms with Gasteiger partial charge < -0.3 is 24.2 Å². The van der Waals surface area contributed by atoms with Crippen molar-refractivity contribution in [2.75, 3.05) is 6.54 Å². The quantitative estimate of drug-likeness (QED) is 0.466. The van der Waals surface area contributed by atoms with Gasteiger partial charge in [-0.25, -0.2) is 14.6 Å². The lowest BCUT2D eigenvalue weighted by atomic mass is 9.58. The summed E-state index contributed by atoms with van der Waals surface area (Å²) in [6.45, 7) is 6.47. The molecule has 9 atom stereocenters. The van der Waals surface area contributed by atoms with Crippen LogP contribution in [-0.2, 0) is 38.4 Å². The van der Waals surface area contributed by atoms with Crippen LogP contribution in [0.15, 0.2) is 0 Å². The minimum atomic E-state index is -1.01. The molecule has 1 saturated carbocycles. The summed E-state index contributed by atoms with van der Waals surface area (Å²) in [7, 11) is 0. The number of fused-ring (bicyclic) bond motifs is 2. The summed E-state index contributed by atoms with van der Waals surface area (Å²) >= 11 is 0. The first kappa shape index (κ1) is 24.0. The Morgan fingerprint density at radius 1 is 1.06 bits per heavy atom. The van der Waals surface area contributed by atoms with Crippen molar-refractivity contribution in [1.29, 1.82) is 0 Å². The standard InChI is InChI=1S/C24H35NO9/c1-13-6-7-16-14(2)21(31-22-24(16)15(13)10-11-23(3,32-22)33-34-24)30-19(27)9-8-18(26)25-12-4-5-17(25)20(28)29/h13-17,21-22H,4-12H2,1-3H3,(H,28,29)/t13-,14-,15+,16+,17-,21-,22-,23-,24-/m1/s1. The number of carbonyl (C=O) groups excluding carboxylic acids is 2. The van der Waals surface area contributed by atoms with Crippen LogP contribution >= 0.6 is 0 Å². The lowest BCUT2D eigenvalue weighted by Crippen LogP contribution is -2.70. The van der Waals surface area contributed by atoms with Crippen LogP contribution < -0.4 is 0 Å². The maximum Gasteiger partial charge on any atom is 0.326 e. The molecule has 0 aromatic rings.